The largest absolute Gasteiger partial charge is 0.293 e. The van der Waals surface area contributed by atoms with Crippen molar-refractivity contribution in [1.82, 2.24) is 19.6 Å². The van der Waals surface area contributed by atoms with Gasteiger partial charge in [-0.25, -0.2) is 14.5 Å². The topological polar surface area (TPSA) is 60.2 Å². The lowest BCUT2D eigenvalue weighted by Gasteiger charge is -1.99. The minimum Gasteiger partial charge on any atom is -0.293 e. The van der Waals surface area contributed by atoms with Crippen molar-refractivity contribution in [2.75, 3.05) is 5.75 Å². The van der Waals surface area contributed by atoms with E-state index in [4.69, 9.17) is 0 Å². The molecule has 2 aromatic carbocycles. The summed E-state index contributed by atoms with van der Waals surface area (Å²) in [5, 5.41) is 5.92. The maximum atomic E-state index is 12.3. The number of aryl methyl sites for hydroxylation is 1. The Labute approximate surface area is 142 Å². The van der Waals surface area contributed by atoms with Crippen LogP contribution in [0.5, 0.6) is 0 Å². The van der Waals surface area contributed by atoms with Gasteiger partial charge in [0.15, 0.2) is 11.4 Å². The molecule has 0 bridgehead atoms. The van der Waals surface area contributed by atoms with E-state index in [-0.39, 0.29) is 5.78 Å². The number of aromatic nitrogens is 4. The van der Waals surface area contributed by atoms with Gasteiger partial charge in [-0.2, -0.15) is 0 Å². The molecule has 0 saturated carbocycles. The second kappa shape index (κ2) is 6.05. The highest BCUT2D eigenvalue weighted by molar-refractivity contribution is 7.99. The van der Waals surface area contributed by atoms with Gasteiger partial charge in [0.2, 0.25) is 5.16 Å². The third-order valence-electron chi connectivity index (χ3n) is 3.77. The standard InChI is InChI=1S/C18H14N4OS/c1-12-6-8-13(9-7-12)16(23)10-24-18-20-17-14-4-2-3-5-15(14)19-11-22(17)21-18/h2-9,11H,10H2,1H3. The summed E-state index contributed by atoms with van der Waals surface area (Å²) in [6.45, 7) is 2.00. The Kier molecular flexibility index (Phi) is 3.74. The zero-order valence-corrected chi connectivity index (χ0v) is 13.8. The molecule has 0 N–H and O–H groups in total. The molecule has 24 heavy (non-hydrogen) atoms. The molecule has 6 heteroatoms. The van der Waals surface area contributed by atoms with E-state index in [1.807, 2.05) is 55.5 Å². The highest BCUT2D eigenvalue weighted by atomic mass is 32.2. The van der Waals surface area contributed by atoms with Crippen LogP contribution < -0.4 is 0 Å². The zero-order chi connectivity index (χ0) is 16.5. The number of ketones is 1. The summed E-state index contributed by atoms with van der Waals surface area (Å²) < 4.78 is 1.65. The quantitative estimate of drug-likeness (QED) is 0.422. The number of carbonyl (C=O) groups excluding carboxylic acids is 1. The molecule has 0 spiro atoms. The number of hydrogen-bond acceptors (Lipinski definition) is 5. The van der Waals surface area contributed by atoms with Crippen LogP contribution in [0.15, 0.2) is 60.0 Å². The Hall–Kier alpha value is -2.73. The fourth-order valence-corrected chi connectivity index (χ4v) is 3.20. The van der Waals surface area contributed by atoms with Gasteiger partial charge in [-0.05, 0) is 19.1 Å². The van der Waals surface area contributed by atoms with Crippen LogP contribution in [-0.4, -0.2) is 31.1 Å². The van der Waals surface area contributed by atoms with Gasteiger partial charge < -0.3 is 0 Å². The number of para-hydroxylation sites is 1. The van der Waals surface area contributed by atoms with E-state index in [1.54, 1.807) is 10.8 Å². The summed E-state index contributed by atoms with van der Waals surface area (Å²) in [5.74, 6) is 0.382. The normalized spacial score (nSPS) is 11.2. The average molecular weight is 334 g/mol. The lowest BCUT2D eigenvalue weighted by atomic mass is 10.1. The number of hydrogen-bond donors (Lipinski definition) is 0. The van der Waals surface area contributed by atoms with Crippen molar-refractivity contribution in [2.45, 2.75) is 12.1 Å². The summed E-state index contributed by atoms with van der Waals surface area (Å²) in [5.41, 5.74) is 3.49. The van der Waals surface area contributed by atoms with Gasteiger partial charge in [0, 0.05) is 10.9 Å². The van der Waals surface area contributed by atoms with Gasteiger partial charge >= 0.3 is 0 Å². The number of fused-ring (bicyclic) bond motifs is 3. The predicted octanol–water partition coefficient (Wildman–Crippen LogP) is 3.56. The van der Waals surface area contributed by atoms with Crippen LogP contribution in [0.25, 0.3) is 16.6 Å². The third-order valence-corrected chi connectivity index (χ3v) is 4.61. The first-order valence-electron chi connectivity index (χ1n) is 7.53. The number of carbonyl (C=O) groups is 1. The van der Waals surface area contributed by atoms with Crippen molar-refractivity contribution in [3.05, 3.63) is 66.0 Å². The molecule has 0 aliphatic heterocycles. The molecule has 0 fully saturated rings. The lowest BCUT2D eigenvalue weighted by molar-refractivity contribution is 0.102. The number of rotatable bonds is 4. The molecule has 0 atom stereocenters. The van der Waals surface area contributed by atoms with Crippen molar-refractivity contribution in [3.8, 4) is 0 Å². The van der Waals surface area contributed by atoms with E-state index in [0.717, 1.165) is 22.1 Å². The monoisotopic (exact) mass is 334 g/mol. The molecular weight excluding hydrogens is 320 g/mol. The Morgan fingerprint density at radius 2 is 1.92 bits per heavy atom. The molecule has 0 unspecified atom stereocenters. The van der Waals surface area contributed by atoms with E-state index < -0.39 is 0 Å². The van der Waals surface area contributed by atoms with Crippen LogP contribution in [0.1, 0.15) is 15.9 Å². The summed E-state index contributed by atoms with van der Waals surface area (Å²) in [4.78, 5) is 21.2. The minimum atomic E-state index is 0.0711. The molecule has 0 radical (unpaired) electrons. The zero-order valence-electron chi connectivity index (χ0n) is 13.0. The van der Waals surface area contributed by atoms with E-state index in [9.17, 15) is 4.79 Å². The summed E-state index contributed by atoms with van der Waals surface area (Å²) in [6, 6.07) is 15.4. The number of nitrogens with zero attached hydrogens (tertiary/aromatic N) is 4. The van der Waals surface area contributed by atoms with Gasteiger partial charge in [-0.15, -0.1) is 5.10 Å². The second-order valence-corrected chi connectivity index (χ2v) is 6.44. The molecule has 0 amide bonds. The van der Waals surface area contributed by atoms with Crippen molar-refractivity contribution >= 4 is 34.1 Å². The molecule has 0 aliphatic carbocycles. The predicted molar refractivity (Wildman–Crippen MR) is 94.5 cm³/mol. The van der Waals surface area contributed by atoms with Gasteiger partial charge in [-0.3, -0.25) is 4.79 Å². The van der Waals surface area contributed by atoms with Crippen molar-refractivity contribution in [2.24, 2.45) is 0 Å². The first-order chi connectivity index (χ1) is 11.7. The van der Waals surface area contributed by atoms with Crippen LogP contribution in [0.4, 0.5) is 0 Å². The van der Waals surface area contributed by atoms with Crippen LogP contribution in [0, 0.1) is 6.92 Å². The van der Waals surface area contributed by atoms with Crippen molar-refractivity contribution in [3.63, 3.8) is 0 Å². The summed E-state index contributed by atoms with van der Waals surface area (Å²) >= 11 is 1.34. The van der Waals surface area contributed by atoms with Crippen LogP contribution in [0.3, 0.4) is 0 Å². The van der Waals surface area contributed by atoms with Crippen molar-refractivity contribution < 1.29 is 4.79 Å². The molecule has 0 aliphatic rings. The highest BCUT2D eigenvalue weighted by Gasteiger charge is 2.11. The first kappa shape index (κ1) is 14.8. The Bertz CT molecular complexity index is 1040. The summed E-state index contributed by atoms with van der Waals surface area (Å²) in [7, 11) is 0. The maximum absolute atomic E-state index is 12.3. The van der Waals surface area contributed by atoms with E-state index in [0.29, 0.717) is 16.5 Å². The Morgan fingerprint density at radius 1 is 1.12 bits per heavy atom. The van der Waals surface area contributed by atoms with Gasteiger partial charge in [0.25, 0.3) is 0 Å². The fourth-order valence-electron chi connectivity index (χ4n) is 2.47. The Balaban J connectivity index is 1.57. The van der Waals surface area contributed by atoms with E-state index in [1.165, 1.54) is 11.8 Å². The van der Waals surface area contributed by atoms with Crippen molar-refractivity contribution in [1.29, 1.82) is 0 Å². The second-order valence-electron chi connectivity index (χ2n) is 5.50. The lowest BCUT2D eigenvalue weighted by Crippen LogP contribution is -2.02. The molecule has 4 rings (SSSR count). The number of thioether (sulfide) groups is 1. The Morgan fingerprint density at radius 3 is 2.75 bits per heavy atom. The highest BCUT2D eigenvalue weighted by Crippen LogP contribution is 2.21. The first-order valence-corrected chi connectivity index (χ1v) is 8.52. The smallest absolute Gasteiger partial charge is 0.209 e. The fraction of sp³-hybridized carbons (Fsp3) is 0.111. The van der Waals surface area contributed by atoms with Gasteiger partial charge in [0.1, 0.15) is 6.33 Å². The summed E-state index contributed by atoms with van der Waals surface area (Å²) in [6.07, 6.45) is 1.65. The van der Waals surface area contributed by atoms with Gasteiger partial charge in [-0.1, -0.05) is 53.7 Å². The third kappa shape index (κ3) is 2.76. The molecule has 2 aromatic heterocycles. The molecule has 2 heterocycles. The van der Waals surface area contributed by atoms with Gasteiger partial charge in [0.05, 0.1) is 11.3 Å². The van der Waals surface area contributed by atoms with Crippen LogP contribution in [0.2, 0.25) is 0 Å². The molecule has 118 valence electrons. The van der Waals surface area contributed by atoms with Crippen LogP contribution >= 0.6 is 11.8 Å². The average Bonchev–Trinajstić information content (AvgIpc) is 3.04. The molecule has 4 aromatic rings. The minimum absolute atomic E-state index is 0.0711. The molecule has 0 saturated heterocycles. The number of Topliss-reactive ketones (excluding diaryl/α,β-unsaturated/α-hetero) is 1. The molecular formula is C18H14N4OS. The molecule has 5 nitrogen and oxygen atoms in total. The van der Waals surface area contributed by atoms with E-state index in [2.05, 4.69) is 15.1 Å². The van der Waals surface area contributed by atoms with E-state index >= 15 is 0 Å². The van der Waals surface area contributed by atoms with Crippen LogP contribution in [-0.2, 0) is 0 Å². The SMILES string of the molecule is Cc1ccc(C(=O)CSc2nc3c4ccccc4ncn3n2)cc1. The number of benzene rings is 2. The maximum Gasteiger partial charge on any atom is 0.209 e.